The lowest BCUT2D eigenvalue weighted by Gasteiger charge is -2.20. The summed E-state index contributed by atoms with van der Waals surface area (Å²) in [5, 5.41) is 8.95. The third kappa shape index (κ3) is 2.84. The summed E-state index contributed by atoms with van der Waals surface area (Å²) in [6, 6.07) is 14.1. The Morgan fingerprint density at radius 3 is 2.83 bits per heavy atom. The van der Waals surface area contributed by atoms with Crippen LogP contribution in [0.2, 0.25) is 0 Å². The second-order valence-corrected chi connectivity index (χ2v) is 6.17. The van der Waals surface area contributed by atoms with E-state index < -0.39 is 0 Å². The van der Waals surface area contributed by atoms with Crippen molar-refractivity contribution in [2.75, 3.05) is 6.54 Å². The number of fused-ring (bicyclic) bond motifs is 1. The van der Waals surface area contributed by atoms with Crippen molar-refractivity contribution in [2.24, 2.45) is 0 Å². The zero-order valence-corrected chi connectivity index (χ0v) is 13.5. The summed E-state index contributed by atoms with van der Waals surface area (Å²) in [7, 11) is 0. The predicted octanol–water partition coefficient (Wildman–Crippen LogP) is 2.95. The molecule has 24 heavy (non-hydrogen) atoms. The molecule has 0 N–H and O–H groups in total. The molecule has 2 aromatic heterocycles. The van der Waals surface area contributed by atoms with Gasteiger partial charge in [0.15, 0.2) is 0 Å². The van der Waals surface area contributed by atoms with Crippen LogP contribution in [0, 0.1) is 11.3 Å². The quantitative estimate of drug-likeness (QED) is 0.746. The van der Waals surface area contributed by atoms with Crippen LogP contribution in [0.1, 0.15) is 23.4 Å². The summed E-state index contributed by atoms with van der Waals surface area (Å²) in [5.41, 5.74) is 4.32. The number of imidazole rings is 1. The topological polar surface area (TPSA) is 49.8 Å². The van der Waals surface area contributed by atoms with Crippen LogP contribution in [-0.4, -0.2) is 25.6 Å². The van der Waals surface area contributed by atoms with Gasteiger partial charge in [0.25, 0.3) is 0 Å². The molecular formula is C19H19N5. The largest absolute Gasteiger partial charge is 0.333 e. The Balaban J connectivity index is 1.55. The lowest BCUT2D eigenvalue weighted by Crippen LogP contribution is -2.24. The molecular weight excluding hydrogens is 298 g/mol. The van der Waals surface area contributed by atoms with Gasteiger partial charge >= 0.3 is 0 Å². The fourth-order valence-corrected chi connectivity index (χ4v) is 3.31. The Kier molecular flexibility index (Phi) is 3.89. The minimum atomic E-state index is 0.688. The Hall–Kier alpha value is -2.84. The van der Waals surface area contributed by atoms with E-state index in [-0.39, 0.29) is 0 Å². The van der Waals surface area contributed by atoms with E-state index in [1.54, 1.807) is 0 Å². The molecule has 0 radical (unpaired) electrons. The molecule has 0 aliphatic carbocycles. The molecule has 1 aliphatic rings. The highest BCUT2D eigenvalue weighted by Crippen LogP contribution is 2.18. The Bertz CT molecular complexity index is 866. The van der Waals surface area contributed by atoms with Gasteiger partial charge < -0.3 is 9.13 Å². The second-order valence-electron chi connectivity index (χ2n) is 6.17. The van der Waals surface area contributed by atoms with Gasteiger partial charge in [-0.25, -0.2) is 4.98 Å². The Labute approximate surface area is 141 Å². The first kappa shape index (κ1) is 14.7. The molecule has 0 saturated carbocycles. The minimum absolute atomic E-state index is 0.688. The molecule has 0 fully saturated rings. The second kappa shape index (κ2) is 6.34. The zero-order chi connectivity index (χ0) is 16.4. The Morgan fingerprint density at radius 2 is 2.00 bits per heavy atom. The minimum Gasteiger partial charge on any atom is -0.333 e. The molecule has 3 heterocycles. The molecule has 1 aliphatic heterocycles. The molecule has 3 aromatic rings. The van der Waals surface area contributed by atoms with Gasteiger partial charge in [-0.2, -0.15) is 5.26 Å². The highest BCUT2D eigenvalue weighted by atomic mass is 15.2. The average molecular weight is 317 g/mol. The van der Waals surface area contributed by atoms with Crippen molar-refractivity contribution in [3.05, 3.63) is 72.1 Å². The predicted molar refractivity (Wildman–Crippen MR) is 91.4 cm³/mol. The van der Waals surface area contributed by atoms with Crippen molar-refractivity contribution in [2.45, 2.75) is 26.1 Å². The highest BCUT2D eigenvalue weighted by Gasteiger charge is 2.16. The lowest BCUT2D eigenvalue weighted by atomic mass is 10.2. The summed E-state index contributed by atoms with van der Waals surface area (Å²) >= 11 is 0. The van der Waals surface area contributed by atoms with Crippen molar-refractivity contribution in [3.63, 3.8) is 0 Å². The monoisotopic (exact) mass is 317 g/mol. The van der Waals surface area contributed by atoms with E-state index in [9.17, 15) is 0 Å². The number of rotatable bonds is 3. The third-order valence-corrected chi connectivity index (χ3v) is 4.55. The van der Waals surface area contributed by atoms with E-state index in [4.69, 9.17) is 5.26 Å². The number of hydrogen-bond acceptors (Lipinski definition) is 3. The maximum Gasteiger partial charge on any atom is 0.0991 e. The van der Waals surface area contributed by atoms with Gasteiger partial charge in [-0.15, -0.1) is 0 Å². The van der Waals surface area contributed by atoms with Crippen LogP contribution >= 0.6 is 0 Å². The van der Waals surface area contributed by atoms with E-state index in [2.05, 4.69) is 43.4 Å². The van der Waals surface area contributed by atoms with Crippen LogP contribution in [-0.2, 0) is 19.6 Å². The molecule has 4 rings (SSSR count). The zero-order valence-electron chi connectivity index (χ0n) is 13.5. The van der Waals surface area contributed by atoms with Gasteiger partial charge in [0.05, 0.1) is 23.7 Å². The van der Waals surface area contributed by atoms with Crippen LogP contribution in [0.5, 0.6) is 0 Å². The van der Waals surface area contributed by atoms with Crippen molar-refractivity contribution >= 4 is 0 Å². The number of aromatic nitrogens is 3. The lowest BCUT2D eigenvalue weighted by molar-refractivity contribution is 0.256. The fraction of sp³-hybridized carbons (Fsp3) is 0.263. The van der Waals surface area contributed by atoms with Crippen LogP contribution < -0.4 is 0 Å². The highest BCUT2D eigenvalue weighted by molar-refractivity contribution is 5.41. The summed E-state index contributed by atoms with van der Waals surface area (Å²) in [6.45, 7) is 3.96. The molecule has 0 bridgehead atoms. The molecule has 120 valence electrons. The van der Waals surface area contributed by atoms with Gasteiger partial charge in [-0.1, -0.05) is 0 Å². The first-order chi connectivity index (χ1) is 11.8. The maximum absolute atomic E-state index is 8.95. The van der Waals surface area contributed by atoms with Crippen LogP contribution in [0.15, 0.2) is 55.1 Å². The number of benzene rings is 1. The van der Waals surface area contributed by atoms with Gasteiger partial charge in [0.2, 0.25) is 0 Å². The SMILES string of the molecule is N#Cc1ccc(-n2cccc2CN2CCCn3cncc3C2)cc1. The molecule has 0 amide bonds. The van der Waals surface area contributed by atoms with Gasteiger partial charge in [0.1, 0.15) is 0 Å². The third-order valence-electron chi connectivity index (χ3n) is 4.55. The van der Waals surface area contributed by atoms with Crippen LogP contribution in [0.25, 0.3) is 5.69 Å². The first-order valence-electron chi connectivity index (χ1n) is 8.21. The van der Waals surface area contributed by atoms with Gasteiger partial charge in [-0.3, -0.25) is 4.90 Å². The summed E-state index contributed by atoms with van der Waals surface area (Å²) in [5.74, 6) is 0. The molecule has 5 heteroatoms. The van der Waals surface area contributed by atoms with E-state index in [0.717, 1.165) is 38.3 Å². The van der Waals surface area contributed by atoms with Crippen molar-refractivity contribution in [1.82, 2.24) is 19.0 Å². The van der Waals surface area contributed by atoms with E-state index in [1.807, 2.05) is 36.8 Å². The van der Waals surface area contributed by atoms with Crippen LogP contribution in [0.4, 0.5) is 0 Å². The summed E-state index contributed by atoms with van der Waals surface area (Å²) in [6.07, 6.45) is 7.12. The normalized spacial score (nSPS) is 14.8. The molecule has 0 atom stereocenters. The number of nitriles is 1. The van der Waals surface area contributed by atoms with E-state index in [0.29, 0.717) is 5.56 Å². The van der Waals surface area contributed by atoms with E-state index >= 15 is 0 Å². The van der Waals surface area contributed by atoms with Crippen molar-refractivity contribution < 1.29 is 0 Å². The van der Waals surface area contributed by atoms with E-state index in [1.165, 1.54) is 11.4 Å². The van der Waals surface area contributed by atoms with Gasteiger partial charge in [0, 0.05) is 50.0 Å². The summed E-state index contributed by atoms with van der Waals surface area (Å²) < 4.78 is 4.45. The smallest absolute Gasteiger partial charge is 0.0991 e. The van der Waals surface area contributed by atoms with Crippen molar-refractivity contribution in [1.29, 1.82) is 5.26 Å². The molecule has 0 spiro atoms. The molecule has 5 nitrogen and oxygen atoms in total. The first-order valence-corrected chi connectivity index (χ1v) is 8.21. The Morgan fingerprint density at radius 1 is 1.12 bits per heavy atom. The summed E-state index contributed by atoms with van der Waals surface area (Å²) in [4.78, 5) is 6.73. The van der Waals surface area contributed by atoms with Crippen molar-refractivity contribution in [3.8, 4) is 11.8 Å². The van der Waals surface area contributed by atoms with Crippen LogP contribution in [0.3, 0.4) is 0 Å². The standard InChI is InChI=1S/C19H19N5/c20-11-16-4-6-17(7-5-16)24-10-1-3-18(24)13-22-8-2-9-23-15-21-12-19(23)14-22/h1,3-7,10,12,15H,2,8-9,13-14H2. The molecule has 0 unspecified atom stereocenters. The number of aryl methyl sites for hydroxylation is 1. The number of hydrogen-bond donors (Lipinski definition) is 0. The maximum atomic E-state index is 8.95. The van der Waals surface area contributed by atoms with Gasteiger partial charge in [-0.05, 0) is 42.8 Å². The number of nitrogens with zero attached hydrogens (tertiary/aromatic N) is 5. The average Bonchev–Trinajstić information content (AvgIpc) is 3.21. The fourth-order valence-electron chi connectivity index (χ4n) is 3.31. The molecule has 0 saturated heterocycles. The molecule has 1 aromatic carbocycles.